The highest BCUT2D eigenvalue weighted by atomic mass is 16.4. The number of hydrogen-bond acceptors (Lipinski definition) is 3. The summed E-state index contributed by atoms with van der Waals surface area (Å²) in [5, 5.41) is 25.1. The van der Waals surface area contributed by atoms with Crippen LogP contribution in [0.4, 0.5) is 0 Å². The second-order valence-corrected chi connectivity index (χ2v) is 3.35. The predicted octanol–water partition coefficient (Wildman–Crippen LogP) is 0.644. The lowest BCUT2D eigenvalue weighted by Gasteiger charge is -2.24. The molecule has 2 atom stereocenters. The van der Waals surface area contributed by atoms with Gasteiger partial charge in [0.1, 0.15) is 0 Å². The Morgan fingerprint density at radius 3 is 1.71 bits per heavy atom. The number of aliphatic hydroxyl groups is 2. The molecule has 0 fully saturated rings. The lowest BCUT2D eigenvalue weighted by atomic mass is 9.84. The van der Waals surface area contributed by atoms with Gasteiger partial charge in [-0.05, 0) is 24.7 Å². The summed E-state index contributed by atoms with van der Waals surface area (Å²) in [6, 6.07) is 0. The van der Waals surface area contributed by atoms with E-state index in [1.54, 1.807) is 0 Å². The molecular weight excluding hydrogens is 184 g/mol. The molecule has 0 spiro atoms. The Balaban J connectivity index is 0.000000364. The van der Waals surface area contributed by atoms with Gasteiger partial charge in [-0.15, -0.1) is 0 Å². The number of hydrogen-bond donors (Lipinski definition) is 3. The maximum absolute atomic E-state index is 9.00. The Bertz CT molecular complexity index is 171. The zero-order chi connectivity index (χ0) is 11.0. The van der Waals surface area contributed by atoms with Crippen molar-refractivity contribution in [3.63, 3.8) is 0 Å². The van der Waals surface area contributed by atoms with Crippen LogP contribution >= 0.6 is 0 Å². The highest BCUT2D eigenvalue weighted by Gasteiger charge is 2.20. The normalized spacial score (nSPS) is 25.1. The van der Waals surface area contributed by atoms with Gasteiger partial charge in [-0.1, -0.05) is 12.2 Å². The first kappa shape index (κ1) is 13.1. The molecule has 0 aliphatic heterocycles. The van der Waals surface area contributed by atoms with E-state index in [0.717, 1.165) is 19.8 Å². The topological polar surface area (TPSA) is 77.8 Å². The minimum atomic E-state index is -0.833. The Kier molecular flexibility index (Phi) is 7.06. The standard InChI is InChI=1S/C8H14O2.C2H4O2/c9-5-7-3-1-2-4-8(7)6-10;1-2(3)4/h1-2,7-10H,3-6H2;1H3,(H,3,4). The zero-order valence-corrected chi connectivity index (χ0v) is 8.39. The van der Waals surface area contributed by atoms with Crippen LogP contribution in [-0.4, -0.2) is 34.5 Å². The molecule has 0 bridgehead atoms. The van der Waals surface area contributed by atoms with E-state index in [4.69, 9.17) is 20.1 Å². The molecule has 2 unspecified atom stereocenters. The summed E-state index contributed by atoms with van der Waals surface area (Å²) in [4.78, 5) is 9.00. The second kappa shape index (κ2) is 7.53. The first-order valence-electron chi connectivity index (χ1n) is 4.68. The zero-order valence-electron chi connectivity index (χ0n) is 8.39. The number of carbonyl (C=O) groups is 1. The molecule has 0 heterocycles. The van der Waals surface area contributed by atoms with E-state index in [-0.39, 0.29) is 25.0 Å². The third kappa shape index (κ3) is 5.72. The summed E-state index contributed by atoms with van der Waals surface area (Å²) in [6.07, 6.45) is 5.99. The van der Waals surface area contributed by atoms with E-state index in [9.17, 15) is 0 Å². The van der Waals surface area contributed by atoms with Crippen LogP contribution in [0.5, 0.6) is 0 Å². The molecule has 0 aromatic carbocycles. The molecule has 0 radical (unpaired) electrons. The minimum Gasteiger partial charge on any atom is -0.481 e. The highest BCUT2D eigenvalue weighted by Crippen LogP contribution is 2.23. The minimum absolute atomic E-state index is 0.204. The number of carboxylic acids is 1. The summed E-state index contributed by atoms with van der Waals surface area (Å²) >= 11 is 0. The van der Waals surface area contributed by atoms with Crippen LogP contribution in [0.1, 0.15) is 19.8 Å². The van der Waals surface area contributed by atoms with Gasteiger partial charge in [-0.25, -0.2) is 0 Å². The average molecular weight is 202 g/mol. The number of rotatable bonds is 2. The van der Waals surface area contributed by atoms with E-state index < -0.39 is 5.97 Å². The van der Waals surface area contributed by atoms with E-state index >= 15 is 0 Å². The first-order valence-corrected chi connectivity index (χ1v) is 4.68. The second-order valence-electron chi connectivity index (χ2n) is 3.35. The molecule has 1 rings (SSSR count). The average Bonchev–Trinajstić information content (AvgIpc) is 2.17. The van der Waals surface area contributed by atoms with Crippen LogP contribution in [0.25, 0.3) is 0 Å². The fourth-order valence-corrected chi connectivity index (χ4v) is 1.37. The van der Waals surface area contributed by atoms with Crippen molar-refractivity contribution in [3.8, 4) is 0 Å². The molecular formula is C10H18O4. The summed E-state index contributed by atoms with van der Waals surface area (Å²) in [6.45, 7) is 1.49. The summed E-state index contributed by atoms with van der Waals surface area (Å²) in [5.74, 6) is -0.259. The van der Waals surface area contributed by atoms with Gasteiger partial charge in [0.2, 0.25) is 0 Å². The van der Waals surface area contributed by atoms with Crippen LogP contribution < -0.4 is 0 Å². The molecule has 4 nitrogen and oxygen atoms in total. The van der Waals surface area contributed by atoms with E-state index in [0.29, 0.717) is 0 Å². The van der Waals surface area contributed by atoms with Crippen molar-refractivity contribution in [3.05, 3.63) is 12.2 Å². The monoisotopic (exact) mass is 202 g/mol. The van der Waals surface area contributed by atoms with Gasteiger partial charge in [-0.3, -0.25) is 4.79 Å². The van der Waals surface area contributed by atoms with Gasteiger partial charge in [0.05, 0.1) is 0 Å². The molecule has 0 saturated carbocycles. The van der Waals surface area contributed by atoms with Gasteiger partial charge >= 0.3 is 0 Å². The van der Waals surface area contributed by atoms with Crippen LogP contribution in [0, 0.1) is 11.8 Å². The van der Waals surface area contributed by atoms with Crippen molar-refractivity contribution >= 4 is 5.97 Å². The number of aliphatic hydroxyl groups excluding tert-OH is 2. The van der Waals surface area contributed by atoms with E-state index in [1.165, 1.54) is 0 Å². The molecule has 14 heavy (non-hydrogen) atoms. The van der Waals surface area contributed by atoms with Gasteiger partial charge < -0.3 is 15.3 Å². The molecule has 0 aromatic rings. The molecule has 82 valence electrons. The smallest absolute Gasteiger partial charge is 0.300 e. The Hall–Kier alpha value is -0.870. The van der Waals surface area contributed by atoms with Crippen molar-refractivity contribution < 1.29 is 20.1 Å². The molecule has 1 aliphatic carbocycles. The molecule has 0 saturated heterocycles. The predicted molar refractivity (Wildman–Crippen MR) is 52.8 cm³/mol. The lowest BCUT2D eigenvalue weighted by Crippen LogP contribution is -2.23. The van der Waals surface area contributed by atoms with Gasteiger partial charge in [0, 0.05) is 20.1 Å². The van der Waals surface area contributed by atoms with Crippen LogP contribution in [0.15, 0.2) is 12.2 Å². The molecule has 4 heteroatoms. The molecule has 1 aliphatic rings. The molecule has 0 aromatic heterocycles. The molecule has 0 amide bonds. The summed E-state index contributed by atoms with van der Waals surface area (Å²) in [5.41, 5.74) is 0. The largest absolute Gasteiger partial charge is 0.481 e. The van der Waals surface area contributed by atoms with Crippen molar-refractivity contribution in [2.75, 3.05) is 13.2 Å². The van der Waals surface area contributed by atoms with Crippen LogP contribution in [0.3, 0.4) is 0 Å². The maximum atomic E-state index is 9.00. The third-order valence-corrected chi connectivity index (χ3v) is 2.18. The Morgan fingerprint density at radius 1 is 1.21 bits per heavy atom. The van der Waals surface area contributed by atoms with Gasteiger partial charge in [0.25, 0.3) is 5.97 Å². The van der Waals surface area contributed by atoms with Crippen molar-refractivity contribution in [1.82, 2.24) is 0 Å². The lowest BCUT2D eigenvalue weighted by molar-refractivity contribution is -0.134. The summed E-state index contributed by atoms with van der Waals surface area (Å²) < 4.78 is 0. The maximum Gasteiger partial charge on any atom is 0.300 e. The van der Waals surface area contributed by atoms with Gasteiger partial charge in [-0.2, -0.15) is 0 Å². The van der Waals surface area contributed by atoms with Crippen molar-refractivity contribution in [1.29, 1.82) is 0 Å². The summed E-state index contributed by atoms with van der Waals surface area (Å²) in [7, 11) is 0. The van der Waals surface area contributed by atoms with Crippen molar-refractivity contribution in [2.24, 2.45) is 11.8 Å². The van der Waals surface area contributed by atoms with Crippen LogP contribution in [-0.2, 0) is 4.79 Å². The Morgan fingerprint density at radius 2 is 1.50 bits per heavy atom. The molecule has 3 N–H and O–H groups in total. The number of carboxylic acid groups (broad SMARTS) is 1. The fraction of sp³-hybridized carbons (Fsp3) is 0.700. The highest BCUT2D eigenvalue weighted by molar-refractivity contribution is 5.62. The number of aliphatic carboxylic acids is 1. The van der Waals surface area contributed by atoms with Gasteiger partial charge in [0.15, 0.2) is 0 Å². The number of allylic oxidation sites excluding steroid dienone is 2. The SMILES string of the molecule is CC(=O)O.OCC1CC=CCC1CO. The Labute approximate surface area is 83.9 Å². The fourth-order valence-electron chi connectivity index (χ4n) is 1.37. The quantitative estimate of drug-likeness (QED) is 0.574. The van der Waals surface area contributed by atoms with E-state index in [1.807, 2.05) is 0 Å². The third-order valence-electron chi connectivity index (χ3n) is 2.18. The van der Waals surface area contributed by atoms with E-state index in [2.05, 4.69) is 12.2 Å². The van der Waals surface area contributed by atoms with Crippen molar-refractivity contribution in [2.45, 2.75) is 19.8 Å². The first-order chi connectivity index (χ1) is 6.61. The van der Waals surface area contributed by atoms with Crippen LogP contribution in [0.2, 0.25) is 0 Å².